The van der Waals surface area contributed by atoms with Gasteiger partial charge in [0.05, 0.1) is 10.1 Å². The maximum atomic E-state index is 12.4. The van der Waals surface area contributed by atoms with Gasteiger partial charge in [-0.3, -0.25) is 0 Å². The molecule has 0 heterocycles. The molecule has 0 fully saturated rings. The minimum absolute atomic E-state index is 0.758. The summed E-state index contributed by atoms with van der Waals surface area (Å²) in [6.45, 7) is 5.51. The van der Waals surface area contributed by atoms with E-state index in [0.29, 0.717) is 0 Å². The van der Waals surface area contributed by atoms with Gasteiger partial charge in [-0.2, -0.15) is 0 Å². The van der Waals surface area contributed by atoms with Crippen LogP contribution in [-0.4, -0.2) is 17.4 Å². The van der Waals surface area contributed by atoms with Gasteiger partial charge in [0.1, 0.15) is 4.90 Å². The Morgan fingerprint density at radius 2 is 1.71 bits per heavy atom. The highest BCUT2D eigenvalue weighted by molar-refractivity contribution is 8.01. The van der Waals surface area contributed by atoms with E-state index in [-0.39, 0.29) is 0 Å². The average Bonchev–Trinajstić information content (AvgIpc) is 2.20. The lowest BCUT2D eigenvalue weighted by Crippen LogP contribution is -2.33. The molecule has 0 N–H and O–H groups in total. The third-order valence-corrected chi connectivity index (χ3v) is 4.59. The van der Waals surface area contributed by atoms with Crippen molar-refractivity contribution in [1.29, 1.82) is 0 Å². The standard InChI is InChI=1S/C11H17NOS/c1-4-12(5-2)14(3,13)11-9-7-6-8-10-11/h6-10H,3-5H2,1-2H3. The molecule has 0 saturated heterocycles. The lowest BCUT2D eigenvalue weighted by Gasteiger charge is -2.24. The SMILES string of the molecule is [CH2-][S+](=O)(c1ccccc1)N(CC)CC. The van der Waals surface area contributed by atoms with Crippen molar-refractivity contribution >= 4 is 10.1 Å². The lowest BCUT2D eigenvalue weighted by atomic mass is 10.4. The summed E-state index contributed by atoms with van der Waals surface area (Å²) in [5.74, 6) is 0. The van der Waals surface area contributed by atoms with Crippen LogP contribution in [0.25, 0.3) is 0 Å². The number of nitrogens with zero attached hydrogens (tertiary/aromatic N) is 1. The van der Waals surface area contributed by atoms with Crippen LogP contribution < -0.4 is 0 Å². The third-order valence-electron chi connectivity index (χ3n) is 2.23. The molecular weight excluding hydrogens is 194 g/mol. The average molecular weight is 211 g/mol. The Bertz CT molecular complexity index is 319. The van der Waals surface area contributed by atoms with E-state index in [2.05, 4.69) is 6.26 Å². The van der Waals surface area contributed by atoms with Crippen molar-refractivity contribution in [1.82, 2.24) is 4.31 Å². The summed E-state index contributed by atoms with van der Waals surface area (Å²) >= 11 is 0. The van der Waals surface area contributed by atoms with E-state index in [1.165, 1.54) is 0 Å². The maximum absolute atomic E-state index is 12.4. The van der Waals surface area contributed by atoms with Crippen LogP contribution in [0.15, 0.2) is 35.2 Å². The zero-order valence-corrected chi connectivity index (χ0v) is 9.59. The van der Waals surface area contributed by atoms with Crippen LogP contribution in [0.4, 0.5) is 0 Å². The molecule has 2 nitrogen and oxygen atoms in total. The van der Waals surface area contributed by atoms with Gasteiger partial charge in [-0.15, -0.1) is 8.51 Å². The van der Waals surface area contributed by atoms with Gasteiger partial charge < -0.3 is 0 Å². The lowest BCUT2D eigenvalue weighted by molar-refractivity contribution is 0.462. The van der Waals surface area contributed by atoms with Crippen molar-refractivity contribution in [2.45, 2.75) is 18.7 Å². The first-order valence-electron chi connectivity index (χ1n) is 4.80. The molecule has 0 saturated carbocycles. The summed E-state index contributed by atoms with van der Waals surface area (Å²) in [6.07, 6.45) is 3.84. The molecule has 1 atom stereocenters. The Kier molecular flexibility index (Phi) is 3.84. The Hall–Kier alpha value is -0.670. The van der Waals surface area contributed by atoms with E-state index in [0.717, 1.165) is 18.0 Å². The molecule has 0 aliphatic rings. The van der Waals surface area contributed by atoms with Crippen LogP contribution in [0, 0.1) is 6.26 Å². The summed E-state index contributed by atoms with van der Waals surface area (Å²) in [5.41, 5.74) is 0. The van der Waals surface area contributed by atoms with E-state index in [1.54, 1.807) is 0 Å². The first kappa shape index (κ1) is 11.4. The quantitative estimate of drug-likeness (QED) is 0.554. The van der Waals surface area contributed by atoms with Gasteiger partial charge in [0, 0.05) is 13.1 Å². The van der Waals surface area contributed by atoms with Crippen LogP contribution in [0.1, 0.15) is 13.8 Å². The summed E-state index contributed by atoms with van der Waals surface area (Å²) in [6, 6.07) is 9.44. The summed E-state index contributed by atoms with van der Waals surface area (Å²) in [5, 5.41) is 0. The molecule has 0 amide bonds. The number of rotatable bonds is 4. The molecule has 0 aromatic heterocycles. The van der Waals surface area contributed by atoms with Gasteiger partial charge in [0.2, 0.25) is 0 Å². The summed E-state index contributed by atoms with van der Waals surface area (Å²) < 4.78 is 14.3. The Morgan fingerprint density at radius 3 is 2.14 bits per heavy atom. The number of hydrogen-bond acceptors (Lipinski definition) is 1. The Morgan fingerprint density at radius 1 is 1.21 bits per heavy atom. The van der Waals surface area contributed by atoms with Gasteiger partial charge in [0.15, 0.2) is 0 Å². The van der Waals surface area contributed by atoms with Gasteiger partial charge in [-0.05, 0) is 26.0 Å². The first-order chi connectivity index (χ1) is 6.62. The van der Waals surface area contributed by atoms with Crippen LogP contribution >= 0.6 is 0 Å². The minimum atomic E-state index is -2.27. The number of benzene rings is 1. The molecule has 3 heteroatoms. The minimum Gasteiger partial charge on any atom is -0.148 e. The van der Waals surface area contributed by atoms with Crippen molar-refractivity contribution in [2.75, 3.05) is 13.1 Å². The molecule has 14 heavy (non-hydrogen) atoms. The van der Waals surface area contributed by atoms with Crippen LogP contribution in [0.5, 0.6) is 0 Å². The second-order valence-electron chi connectivity index (χ2n) is 3.07. The monoisotopic (exact) mass is 211 g/mol. The molecule has 0 bridgehead atoms. The molecule has 1 rings (SSSR count). The maximum Gasteiger partial charge on any atom is 0.147 e. The predicted molar refractivity (Wildman–Crippen MR) is 61.0 cm³/mol. The second kappa shape index (κ2) is 4.71. The fourth-order valence-corrected chi connectivity index (χ4v) is 3.14. The predicted octanol–water partition coefficient (Wildman–Crippen LogP) is 2.59. The van der Waals surface area contributed by atoms with E-state index in [9.17, 15) is 4.21 Å². The van der Waals surface area contributed by atoms with Crippen molar-refractivity contribution in [3.63, 3.8) is 0 Å². The highest BCUT2D eigenvalue weighted by atomic mass is 32.3. The van der Waals surface area contributed by atoms with Gasteiger partial charge in [-0.25, -0.2) is 0 Å². The molecule has 0 spiro atoms. The van der Waals surface area contributed by atoms with E-state index < -0.39 is 10.1 Å². The van der Waals surface area contributed by atoms with Crippen LogP contribution in [-0.2, 0) is 14.3 Å². The number of hydrogen-bond donors (Lipinski definition) is 0. The van der Waals surface area contributed by atoms with Crippen LogP contribution in [0.3, 0.4) is 0 Å². The van der Waals surface area contributed by atoms with Crippen molar-refractivity contribution in [3.8, 4) is 0 Å². The molecule has 1 aromatic carbocycles. The van der Waals surface area contributed by atoms with E-state index in [4.69, 9.17) is 0 Å². The molecule has 78 valence electrons. The zero-order valence-electron chi connectivity index (χ0n) is 8.77. The fraction of sp³-hybridized carbons (Fsp3) is 0.364. The molecule has 1 aromatic rings. The van der Waals surface area contributed by atoms with Gasteiger partial charge in [0.25, 0.3) is 0 Å². The van der Waals surface area contributed by atoms with Crippen molar-refractivity contribution in [3.05, 3.63) is 36.6 Å². The summed E-state index contributed by atoms with van der Waals surface area (Å²) in [4.78, 5) is 0.809. The highest BCUT2D eigenvalue weighted by Gasteiger charge is 2.24. The van der Waals surface area contributed by atoms with E-state index in [1.807, 2.05) is 48.5 Å². The molecule has 1 unspecified atom stereocenters. The molecule has 0 radical (unpaired) electrons. The third kappa shape index (κ3) is 2.22. The van der Waals surface area contributed by atoms with Crippen molar-refractivity contribution < 1.29 is 4.21 Å². The smallest absolute Gasteiger partial charge is 0.147 e. The second-order valence-corrected chi connectivity index (χ2v) is 5.34. The fourth-order valence-electron chi connectivity index (χ4n) is 1.42. The summed E-state index contributed by atoms with van der Waals surface area (Å²) in [7, 11) is -2.27. The van der Waals surface area contributed by atoms with Crippen LogP contribution in [0.2, 0.25) is 0 Å². The molecule has 0 aliphatic carbocycles. The largest absolute Gasteiger partial charge is 0.148 e. The van der Waals surface area contributed by atoms with E-state index >= 15 is 0 Å². The van der Waals surface area contributed by atoms with Gasteiger partial charge >= 0.3 is 0 Å². The Balaban J connectivity index is 3.01. The Labute approximate surface area is 87.5 Å². The topological polar surface area (TPSA) is 20.3 Å². The molecule has 0 aliphatic heterocycles. The first-order valence-corrected chi connectivity index (χ1v) is 6.48. The highest BCUT2D eigenvalue weighted by Crippen LogP contribution is 2.22. The normalized spacial score (nSPS) is 15.4. The van der Waals surface area contributed by atoms with Gasteiger partial charge in [-0.1, -0.05) is 24.5 Å². The molecular formula is C11H17NOS. The van der Waals surface area contributed by atoms with Crippen molar-refractivity contribution in [2.24, 2.45) is 0 Å². The zero-order chi connectivity index (χ0) is 10.6.